The van der Waals surface area contributed by atoms with Crippen molar-refractivity contribution in [3.8, 4) is 0 Å². The van der Waals surface area contributed by atoms with E-state index in [0.29, 0.717) is 0 Å². The van der Waals surface area contributed by atoms with Crippen LogP contribution >= 0.6 is 25.3 Å². The van der Waals surface area contributed by atoms with E-state index >= 15 is 0 Å². The van der Waals surface area contributed by atoms with Gasteiger partial charge in [0.25, 0.3) is 0 Å². The molecule has 0 spiro atoms. The Balaban J connectivity index is -0.000000260. The quantitative estimate of drug-likeness (QED) is 0.158. The van der Waals surface area contributed by atoms with Crippen molar-refractivity contribution in [2.75, 3.05) is 13.2 Å². The van der Waals surface area contributed by atoms with Crippen molar-refractivity contribution in [1.82, 2.24) is 0 Å². The van der Waals surface area contributed by atoms with Gasteiger partial charge in [0.05, 0.1) is 0 Å². The van der Waals surface area contributed by atoms with E-state index in [2.05, 4.69) is 57.8 Å². The summed E-state index contributed by atoms with van der Waals surface area (Å²) >= 11 is 7.06. The Morgan fingerprint density at radius 2 is 1.29 bits per heavy atom. The van der Waals surface area contributed by atoms with E-state index in [1.54, 1.807) is 0 Å². The Labute approximate surface area is 146 Å². The van der Waals surface area contributed by atoms with E-state index in [-0.39, 0.29) is 34.4 Å². The monoisotopic (exact) mass is 446 g/mol. The van der Waals surface area contributed by atoms with Crippen LogP contribution in [0.2, 0.25) is 9.88 Å². The fourth-order valence-electron chi connectivity index (χ4n) is 0.431. The molecule has 2 radical (unpaired) electrons. The second kappa shape index (κ2) is 19.8. The predicted molar refractivity (Wildman–Crippen MR) is 89.8 cm³/mol. The normalized spacial score (nSPS) is 11.3. The maximum atomic E-state index is 10.3. The molecule has 0 aliphatic rings. The fraction of sp³-hybridized carbons (Fsp3) is 0.500. The molecule has 0 saturated heterocycles. The molecule has 2 atom stereocenters. The van der Waals surface area contributed by atoms with Gasteiger partial charge in [0, 0.05) is 0 Å². The molecule has 9 heteroatoms. The van der Waals surface area contributed by atoms with Gasteiger partial charge in [0.1, 0.15) is 13.2 Å². The summed E-state index contributed by atoms with van der Waals surface area (Å²) in [6.07, 6.45) is 2.82. The SMILES string of the molecule is C=CCOC(=O)C(O)S.C=CCOC(=O)C(O)S.[CH3][Sn][CH3]. The Bertz CT molecular complexity index is 269. The Morgan fingerprint density at radius 3 is 1.43 bits per heavy atom. The van der Waals surface area contributed by atoms with E-state index in [1.807, 2.05) is 0 Å². The molecule has 0 fully saturated rings. The summed E-state index contributed by atoms with van der Waals surface area (Å²) < 4.78 is 8.74. The number of thiol groups is 2. The molecule has 0 aromatic rings. The van der Waals surface area contributed by atoms with Crippen LogP contribution in [0.3, 0.4) is 0 Å². The minimum atomic E-state index is -1.34. The number of rotatable bonds is 6. The minimum absolute atomic E-state index is 0.108. The van der Waals surface area contributed by atoms with Crippen molar-refractivity contribution in [3.63, 3.8) is 0 Å². The molecular formula is C12H22O6S2Sn. The molecule has 2 N–H and O–H groups in total. The van der Waals surface area contributed by atoms with Crippen molar-refractivity contribution in [3.05, 3.63) is 25.3 Å². The number of carbonyl (C=O) groups is 2. The molecule has 21 heavy (non-hydrogen) atoms. The Morgan fingerprint density at radius 1 is 1.05 bits per heavy atom. The number of esters is 2. The van der Waals surface area contributed by atoms with E-state index in [9.17, 15) is 9.59 Å². The van der Waals surface area contributed by atoms with E-state index in [1.165, 1.54) is 12.2 Å². The first-order valence-electron chi connectivity index (χ1n) is 5.64. The summed E-state index contributed by atoms with van der Waals surface area (Å²) in [5.41, 5.74) is -2.69. The van der Waals surface area contributed by atoms with Gasteiger partial charge in [-0.05, 0) is 0 Å². The molecule has 0 amide bonds. The first-order chi connectivity index (χ1) is 9.78. The molecule has 2 unspecified atom stereocenters. The van der Waals surface area contributed by atoms with Gasteiger partial charge in [-0.2, -0.15) is 0 Å². The van der Waals surface area contributed by atoms with Gasteiger partial charge in [-0.1, -0.05) is 25.3 Å². The molecule has 0 aliphatic carbocycles. The van der Waals surface area contributed by atoms with Crippen LogP contribution in [0.4, 0.5) is 0 Å². The molecule has 0 bridgehead atoms. The van der Waals surface area contributed by atoms with Crippen LogP contribution < -0.4 is 0 Å². The standard InChI is InChI=1S/2C5H8O3S.2CH3.Sn/c2*1-2-3-8-4(6)5(7)9;;;/h2*2,5,7,9H,1,3H2;2*1H3;. The molecule has 0 heterocycles. The van der Waals surface area contributed by atoms with E-state index in [4.69, 9.17) is 10.2 Å². The second-order valence-corrected chi connectivity index (χ2v) is 6.92. The van der Waals surface area contributed by atoms with Crippen molar-refractivity contribution < 1.29 is 29.3 Å². The zero-order valence-electron chi connectivity index (χ0n) is 12.1. The Hall–Kier alpha value is -0.161. The first kappa shape index (κ1) is 25.8. The first-order valence-corrected chi connectivity index (χ1v) is 12.4. The summed E-state index contributed by atoms with van der Waals surface area (Å²) in [6.45, 7) is 6.83. The van der Waals surface area contributed by atoms with Gasteiger partial charge >= 0.3 is 43.0 Å². The molecule has 0 aromatic heterocycles. The van der Waals surface area contributed by atoms with Gasteiger partial charge in [-0.25, -0.2) is 9.59 Å². The van der Waals surface area contributed by atoms with Crippen molar-refractivity contribution >= 4 is 58.3 Å². The summed E-state index contributed by atoms with van der Waals surface area (Å²) in [4.78, 5) is 25.2. The third-order valence-electron chi connectivity index (χ3n) is 1.11. The second-order valence-electron chi connectivity index (χ2n) is 3.08. The number of aliphatic hydroxyl groups excluding tert-OH is 2. The number of ether oxygens (including phenoxy) is 2. The zero-order valence-corrected chi connectivity index (χ0v) is 16.7. The molecule has 0 saturated carbocycles. The maximum absolute atomic E-state index is 10.3. The molecule has 0 rings (SSSR count). The summed E-state index contributed by atoms with van der Waals surface area (Å²) in [5.74, 6) is -1.50. The predicted octanol–water partition coefficient (Wildman–Crippen LogP) is 0.714. The molecule has 122 valence electrons. The zero-order chi connectivity index (χ0) is 17.3. The average molecular weight is 445 g/mol. The Kier molecular flexibility index (Phi) is 24.3. The summed E-state index contributed by atoms with van der Waals surface area (Å²) in [5, 5.41) is 16.8. The topological polar surface area (TPSA) is 93.1 Å². The van der Waals surface area contributed by atoms with Crippen LogP contribution in [0.15, 0.2) is 25.3 Å². The fourth-order valence-corrected chi connectivity index (χ4v) is 0.580. The molecular weight excluding hydrogens is 423 g/mol. The van der Waals surface area contributed by atoms with Crippen LogP contribution in [0.5, 0.6) is 0 Å². The number of hydrogen-bond acceptors (Lipinski definition) is 8. The summed E-state index contributed by atoms with van der Waals surface area (Å²) in [7, 11) is 0. The van der Waals surface area contributed by atoms with E-state index < -0.39 is 22.8 Å². The van der Waals surface area contributed by atoms with Gasteiger partial charge in [0.15, 0.2) is 10.9 Å². The van der Waals surface area contributed by atoms with Gasteiger partial charge in [-0.15, -0.1) is 25.3 Å². The third-order valence-corrected chi connectivity index (χ3v) is 1.53. The van der Waals surface area contributed by atoms with Crippen LogP contribution in [-0.4, -0.2) is 67.4 Å². The van der Waals surface area contributed by atoms with Crippen molar-refractivity contribution in [2.45, 2.75) is 20.8 Å². The van der Waals surface area contributed by atoms with Crippen LogP contribution in [0.25, 0.3) is 0 Å². The third kappa shape index (κ3) is 25.2. The van der Waals surface area contributed by atoms with Gasteiger partial charge in [0.2, 0.25) is 0 Å². The van der Waals surface area contributed by atoms with Crippen molar-refractivity contribution in [2.24, 2.45) is 0 Å². The number of carbonyl (C=O) groups excluding carboxylic acids is 2. The van der Waals surface area contributed by atoms with Gasteiger partial charge < -0.3 is 19.7 Å². The van der Waals surface area contributed by atoms with Crippen LogP contribution in [0, 0.1) is 0 Å². The molecule has 0 aromatic carbocycles. The van der Waals surface area contributed by atoms with Crippen LogP contribution in [0.1, 0.15) is 0 Å². The van der Waals surface area contributed by atoms with E-state index in [0.717, 1.165) is 0 Å². The number of aliphatic hydroxyl groups is 2. The van der Waals surface area contributed by atoms with Crippen LogP contribution in [-0.2, 0) is 19.1 Å². The molecule has 0 aliphatic heterocycles. The van der Waals surface area contributed by atoms with Gasteiger partial charge in [-0.3, -0.25) is 0 Å². The van der Waals surface area contributed by atoms with Crippen molar-refractivity contribution in [1.29, 1.82) is 0 Å². The molecule has 6 nitrogen and oxygen atoms in total. The number of hydrogen-bond donors (Lipinski definition) is 4. The summed E-state index contributed by atoms with van der Waals surface area (Å²) in [6, 6.07) is 0. The average Bonchev–Trinajstić information content (AvgIpc) is 2.43.